The molecule has 0 aromatic heterocycles. The summed E-state index contributed by atoms with van der Waals surface area (Å²) >= 11 is 0. The fraction of sp³-hybridized carbons (Fsp3) is 0.130. The van der Waals surface area contributed by atoms with Crippen molar-refractivity contribution >= 4 is 75.4 Å². The lowest BCUT2D eigenvalue weighted by molar-refractivity contribution is 1.45. The van der Waals surface area contributed by atoms with Crippen molar-refractivity contribution in [2.45, 2.75) is 41.5 Å². The van der Waals surface area contributed by atoms with E-state index in [2.05, 4.69) is 163 Å². The van der Waals surface area contributed by atoms with Gasteiger partial charge in [0, 0.05) is 0 Å². The molecule has 0 N–H and O–H groups in total. The van der Waals surface area contributed by atoms with Gasteiger partial charge in [-0.1, -0.05) is 109 Å². The quantitative estimate of drug-likeness (QED) is 0.122. The van der Waals surface area contributed by atoms with Crippen molar-refractivity contribution in [2.24, 2.45) is 0 Å². The Labute approximate surface area is 270 Å². The van der Waals surface area contributed by atoms with Gasteiger partial charge in [0.25, 0.3) is 0 Å². The summed E-state index contributed by atoms with van der Waals surface area (Å²) in [6.07, 6.45) is 0. The highest BCUT2D eigenvalue weighted by Crippen LogP contribution is 2.40. The molecule has 0 amide bonds. The third-order valence-corrected chi connectivity index (χ3v) is 10.6. The Bertz CT molecular complexity index is 2520. The van der Waals surface area contributed by atoms with E-state index in [4.69, 9.17) is 0 Å². The average Bonchev–Trinajstić information content (AvgIpc) is 3.10. The molecule has 9 aromatic carbocycles. The molecule has 0 fully saturated rings. The molecule has 0 aliphatic carbocycles. The molecule has 46 heavy (non-hydrogen) atoms. The van der Waals surface area contributed by atoms with Gasteiger partial charge >= 0.3 is 0 Å². The van der Waals surface area contributed by atoms with Crippen LogP contribution in [-0.2, 0) is 0 Å². The minimum atomic E-state index is 1.31. The zero-order valence-electron chi connectivity index (χ0n) is 27.5. The van der Waals surface area contributed by atoms with E-state index in [-0.39, 0.29) is 0 Å². The van der Waals surface area contributed by atoms with Crippen molar-refractivity contribution in [1.82, 2.24) is 0 Å². The standard InChI is InChI=1S/C24H18.C22H20/c1-15-19-8-5-6-9-20(19)16(2)23-14-24-18(13-22(15)23)12-11-17-7-3-4-10-21(17)24;1-13-17-9-5-6-10-18(17)15(3)22-16(4)20-12-8-7-11-19(20)14(2)21(13)22/h3-14H,1-2H3;5-12H,1-4H3. The molecule has 0 saturated carbocycles. The lowest BCUT2D eigenvalue weighted by atomic mass is 9.85. The van der Waals surface area contributed by atoms with E-state index in [0.717, 1.165) is 0 Å². The monoisotopic (exact) mass is 590 g/mol. The lowest BCUT2D eigenvalue weighted by Gasteiger charge is -2.19. The zero-order chi connectivity index (χ0) is 31.7. The zero-order valence-corrected chi connectivity index (χ0v) is 27.5. The van der Waals surface area contributed by atoms with Crippen LogP contribution in [0, 0.1) is 41.5 Å². The van der Waals surface area contributed by atoms with E-state index in [0.29, 0.717) is 0 Å². The third kappa shape index (κ3) is 4.13. The predicted octanol–water partition coefficient (Wildman–Crippen LogP) is 13.3. The van der Waals surface area contributed by atoms with Gasteiger partial charge in [-0.15, -0.1) is 0 Å². The maximum Gasteiger partial charge on any atom is -0.00989 e. The molecule has 0 heteroatoms. The number of benzene rings is 9. The Morgan fingerprint density at radius 3 is 1.00 bits per heavy atom. The Balaban J connectivity index is 0.000000136. The van der Waals surface area contributed by atoms with Gasteiger partial charge in [0.05, 0.1) is 0 Å². The summed E-state index contributed by atoms with van der Waals surface area (Å²) in [5.74, 6) is 0. The van der Waals surface area contributed by atoms with Crippen LogP contribution in [0.15, 0.2) is 121 Å². The molecule has 9 rings (SSSR count). The molecule has 0 aliphatic heterocycles. The van der Waals surface area contributed by atoms with Crippen molar-refractivity contribution in [3.8, 4) is 0 Å². The van der Waals surface area contributed by atoms with Gasteiger partial charge in [-0.05, 0) is 162 Å². The average molecular weight is 591 g/mol. The fourth-order valence-electron chi connectivity index (χ4n) is 8.23. The normalized spacial score (nSPS) is 11.7. The van der Waals surface area contributed by atoms with E-state index in [1.807, 2.05) is 0 Å². The minimum absolute atomic E-state index is 1.31. The highest BCUT2D eigenvalue weighted by atomic mass is 14.2. The topological polar surface area (TPSA) is 0 Å². The third-order valence-electron chi connectivity index (χ3n) is 10.6. The molecule has 9 aromatic rings. The lowest BCUT2D eigenvalue weighted by Crippen LogP contribution is -1.95. The molecule has 222 valence electrons. The molecule has 0 aliphatic rings. The van der Waals surface area contributed by atoms with Crippen LogP contribution in [0.25, 0.3) is 75.4 Å². The Morgan fingerprint density at radius 1 is 0.239 bits per heavy atom. The molecule has 0 bridgehead atoms. The summed E-state index contributed by atoms with van der Waals surface area (Å²) in [7, 11) is 0. The minimum Gasteiger partial charge on any atom is -0.0616 e. The Morgan fingerprint density at radius 2 is 0.565 bits per heavy atom. The first-order chi connectivity index (χ1) is 22.3. The number of aryl methyl sites for hydroxylation is 6. The molecular formula is C46H38. The number of hydrogen-bond acceptors (Lipinski definition) is 0. The molecule has 0 saturated heterocycles. The first kappa shape index (κ1) is 28.3. The van der Waals surface area contributed by atoms with Crippen molar-refractivity contribution in [3.63, 3.8) is 0 Å². The summed E-state index contributed by atoms with van der Waals surface area (Å²) in [6, 6.07) is 44.2. The smallest absolute Gasteiger partial charge is 0.00989 e. The van der Waals surface area contributed by atoms with Crippen molar-refractivity contribution in [2.75, 3.05) is 0 Å². The maximum atomic E-state index is 2.39. The van der Waals surface area contributed by atoms with Crippen LogP contribution in [0.1, 0.15) is 33.4 Å². The first-order valence-corrected chi connectivity index (χ1v) is 16.4. The van der Waals surface area contributed by atoms with Crippen molar-refractivity contribution in [3.05, 3.63) is 155 Å². The van der Waals surface area contributed by atoms with E-state index < -0.39 is 0 Å². The largest absolute Gasteiger partial charge is 0.0616 e. The van der Waals surface area contributed by atoms with Crippen LogP contribution in [0.3, 0.4) is 0 Å². The molecule has 0 nitrogen and oxygen atoms in total. The second-order valence-corrected chi connectivity index (χ2v) is 13.0. The van der Waals surface area contributed by atoms with Gasteiger partial charge in [-0.25, -0.2) is 0 Å². The molecule has 0 unspecified atom stereocenters. The molecule has 0 atom stereocenters. The predicted molar refractivity (Wildman–Crippen MR) is 204 cm³/mol. The number of hydrogen-bond donors (Lipinski definition) is 0. The van der Waals surface area contributed by atoms with E-state index in [1.54, 1.807) is 0 Å². The van der Waals surface area contributed by atoms with Crippen LogP contribution in [-0.4, -0.2) is 0 Å². The molecule has 0 spiro atoms. The highest BCUT2D eigenvalue weighted by molar-refractivity contribution is 6.16. The van der Waals surface area contributed by atoms with Gasteiger partial charge in [0.1, 0.15) is 0 Å². The van der Waals surface area contributed by atoms with Crippen molar-refractivity contribution in [1.29, 1.82) is 0 Å². The summed E-state index contributed by atoms with van der Waals surface area (Å²) in [4.78, 5) is 0. The highest BCUT2D eigenvalue weighted by Gasteiger charge is 2.16. The summed E-state index contributed by atoms with van der Waals surface area (Å²) in [6.45, 7) is 13.6. The second-order valence-electron chi connectivity index (χ2n) is 13.0. The van der Waals surface area contributed by atoms with Gasteiger partial charge in [-0.2, -0.15) is 0 Å². The number of fused-ring (bicyclic) bond motifs is 8. The van der Waals surface area contributed by atoms with Gasteiger partial charge in [0.15, 0.2) is 0 Å². The fourth-order valence-corrected chi connectivity index (χ4v) is 8.23. The van der Waals surface area contributed by atoms with Crippen LogP contribution >= 0.6 is 0 Å². The van der Waals surface area contributed by atoms with Gasteiger partial charge in [0.2, 0.25) is 0 Å². The van der Waals surface area contributed by atoms with Gasteiger partial charge in [-0.3, -0.25) is 0 Å². The second kappa shape index (κ2) is 10.7. The van der Waals surface area contributed by atoms with Crippen LogP contribution in [0.4, 0.5) is 0 Å². The van der Waals surface area contributed by atoms with E-state index in [1.165, 1.54) is 109 Å². The SMILES string of the molecule is Cc1c2ccccc2c(C)c2c(C)c3ccccc3c(C)c12.Cc1c2ccccc2c(C)c2cc3c(ccc4ccccc43)cc12. The van der Waals surface area contributed by atoms with Crippen molar-refractivity contribution < 1.29 is 0 Å². The van der Waals surface area contributed by atoms with E-state index >= 15 is 0 Å². The Hall–Kier alpha value is -5.20. The maximum absolute atomic E-state index is 2.39. The van der Waals surface area contributed by atoms with Crippen LogP contribution < -0.4 is 0 Å². The van der Waals surface area contributed by atoms with Crippen LogP contribution in [0.2, 0.25) is 0 Å². The first-order valence-electron chi connectivity index (χ1n) is 16.4. The van der Waals surface area contributed by atoms with Gasteiger partial charge < -0.3 is 0 Å². The molecular weight excluding hydrogens is 553 g/mol. The number of rotatable bonds is 0. The summed E-state index contributed by atoms with van der Waals surface area (Å²) < 4.78 is 0. The molecule has 0 heterocycles. The summed E-state index contributed by atoms with van der Waals surface area (Å²) in [5, 5.41) is 19.2. The van der Waals surface area contributed by atoms with E-state index in [9.17, 15) is 0 Å². The molecule has 0 radical (unpaired) electrons. The Kier molecular flexibility index (Phi) is 6.59. The van der Waals surface area contributed by atoms with Crippen LogP contribution in [0.5, 0.6) is 0 Å². The summed E-state index contributed by atoms with van der Waals surface area (Å²) in [5.41, 5.74) is 8.37.